The minimum atomic E-state index is -0.460. The number of methoxy groups -OCH3 is 1. The molecule has 0 saturated carbocycles. The van der Waals surface area contributed by atoms with Crippen LogP contribution in [0.5, 0.6) is 11.5 Å². The molecule has 3 aromatic carbocycles. The fourth-order valence-electron chi connectivity index (χ4n) is 3.03. The number of carbonyl (C=O) groups is 1. The SMILES string of the molecule is COC(=O)c1ccc(-c2ccc3c(c2)OCCO3)cc1Nc1ccc(F)cc1. The van der Waals surface area contributed by atoms with Gasteiger partial charge < -0.3 is 19.5 Å². The fraction of sp³-hybridized carbons (Fsp3) is 0.136. The molecular formula is C22H18FNO4. The average Bonchev–Trinajstić information content (AvgIpc) is 2.74. The van der Waals surface area contributed by atoms with E-state index in [9.17, 15) is 9.18 Å². The molecule has 0 unspecified atom stereocenters. The Labute approximate surface area is 161 Å². The second-order valence-electron chi connectivity index (χ2n) is 6.24. The third-order valence-electron chi connectivity index (χ3n) is 4.42. The van der Waals surface area contributed by atoms with Crippen molar-refractivity contribution in [3.8, 4) is 22.6 Å². The maximum atomic E-state index is 13.2. The van der Waals surface area contributed by atoms with Crippen LogP contribution in [0.4, 0.5) is 15.8 Å². The molecule has 0 bridgehead atoms. The average molecular weight is 379 g/mol. The lowest BCUT2D eigenvalue weighted by molar-refractivity contribution is 0.0602. The van der Waals surface area contributed by atoms with E-state index in [1.807, 2.05) is 30.3 Å². The van der Waals surface area contributed by atoms with E-state index in [-0.39, 0.29) is 5.82 Å². The monoisotopic (exact) mass is 379 g/mol. The molecule has 0 aromatic heterocycles. The van der Waals surface area contributed by atoms with Gasteiger partial charge in [0.2, 0.25) is 0 Å². The minimum absolute atomic E-state index is 0.330. The van der Waals surface area contributed by atoms with Crippen molar-refractivity contribution in [1.29, 1.82) is 0 Å². The van der Waals surface area contributed by atoms with Crippen LogP contribution in [0.2, 0.25) is 0 Å². The number of hydrogen-bond donors (Lipinski definition) is 1. The van der Waals surface area contributed by atoms with Crippen molar-refractivity contribution in [3.05, 3.63) is 72.0 Å². The highest BCUT2D eigenvalue weighted by Crippen LogP contribution is 2.36. The van der Waals surface area contributed by atoms with Gasteiger partial charge in [-0.3, -0.25) is 0 Å². The predicted octanol–water partition coefficient (Wildman–Crippen LogP) is 4.79. The zero-order valence-electron chi connectivity index (χ0n) is 15.2. The molecule has 0 spiro atoms. The number of nitrogens with one attached hydrogen (secondary N) is 1. The molecule has 28 heavy (non-hydrogen) atoms. The summed E-state index contributed by atoms with van der Waals surface area (Å²) >= 11 is 0. The maximum absolute atomic E-state index is 13.2. The van der Waals surface area contributed by atoms with Crippen molar-refractivity contribution in [2.24, 2.45) is 0 Å². The number of halogens is 1. The van der Waals surface area contributed by atoms with Crippen molar-refractivity contribution in [2.75, 3.05) is 25.6 Å². The molecule has 6 heteroatoms. The van der Waals surface area contributed by atoms with Gasteiger partial charge in [0.15, 0.2) is 11.5 Å². The molecule has 142 valence electrons. The highest BCUT2D eigenvalue weighted by atomic mass is 19.1. The number of rotatable bonds is 4. The Hall–Kier alpha value is -3.54. The molecule has 4 rings (SSSR count). The van der Waals surface area contributed by atoms with Crippen LogP contribution < -0.4 is 14.8 Å². The fourth-order valence-corrected chi connectivity index (χ4v) is 3.03. The Kier molecular flexibility index (Phi) is 4.85. The molecular weight excluding hydrogens is 361 g/mol. The summed E-state index contributed by atoms with van der Waals surface area (Å²) in [6.07, 6.45) is 0. The number of ether oxygens (including phenoxy) is 3. The Bertz CT molecular complexity index is 1020. The first kappa shape index (κ1) is 17.9. The number of fused-ring (bicyclic) bond motifs is 1. The van der Waals surface area contributed by atoms with Crippen LogP contribution >= 0.6 is 0 Å². The van der Waals surface area contributed by atoms with E-state index in [1.54, 1.807) is 18.2 Å². The summed E-state index contributed by atoms with van der Waals surface area (Å²) in [6, 6.07) is 17.0. The molecule has 1 N–H and O–H groups in total. The van der Waals surface area contributed by atoms with Crippen LogP contribution in [0.3, 0.4) is 0 Å². The van der Waals surface area contributed by atoms with E-state index in [0.29, 0.717) is 41.7 Å². The van der Waals surface area contributed by atoms with Gasteiger partial charge in [0.25, 0.3) is 0 Å². The summed E-state index contributed by atoms with van der Waals surface area (Å²) < 4.78 is 29.3. The third-order valence-corrected chi connectivity index (χ3v) is 4.42. The summed E-state index contributed by atoms with van der Waals surface area (Å²) in [6.45, 7) is 1.04. The van der Waals surface area contributed by atoms with Crippen LogP contribution in [-0.4, -0.2) is 26.3 Å². The molecule has 0 fully saturated rings. The smallest absolute Gasteiger partial charge is 0.339 e. The first-order chi connectivity index (χ1) is 13.6. The highest BCUT2D eigenvalue weighted by molar-refractivity contribution is 5.97. The molecule has 1 aliphatic heterocycles. The lowest BCUT2D eigenvalue weighted by atomic mass is 10.0. The van der Waals surface area contributed by atoms with Crippen molar-refractivity contribution in [2.45, 2.75) is 0 Å². The molecule has 0 saturated heterocycles. The van der Waals surface area contributed by atoms with Crippen molar-refractivity contribution < 1.29 is 23.4 Å². The van der Waals surface area contributed by atoms with E-state index in [4.69, 9.17) is 14.2 Å². The maximum Gasteiger partial charge on any atom is 0.339 e. The van der Waals surface area contributed by atoms with Crippen LogP contribution in [0, 0.1) is 5.82 Å². The zero-order valence-corrected chi connectivity index (χ0v) is 15.2. The van der Waals surface area contributed by atoms with Crippen LogP contribution in [-0.2, 0) is 4.74 Å². The number of anilines is 2. The molecule has 1 heterocycles. The molecule has 3 aromatic rings. The summed E-state index contributed by atoms with van der Waals surface area (Å²) in [5, 5.41) is 3.16. The molecule has 0 atom stereocenters. The predicted molar refractivity (Wildman–Crippen MR) is 104 cm³/mol. The summed E-state index contributed by atoms with van der Waals surface area (Å²) in [5.41, 5.74) is 3.40. The number of carbonyl (C=O) groups excluding carboxylic acids is 1. The van der Waals surface area contributed by atoms with E-state index >= 15 is 0 Å². The van der Waals surface area contributed by atoms with Crippen molar-refractivity contribution in [1.82, 2.24) is 0 Å². The van der Waals surface area contributed by atoms with E-state index in [0.717, 1.165) is 11.1 Å². The van der Waals surface area contributed by atoms with Gasteiger partial charge in [0.1, 0.15) is 19.0 Å². The van der Waals surface area contributed by atoms with Crippen LogP contribution in [0.15, 0.2) is 60.7 Å². The van der Waals surface area contributed by atoms with Crippen LogP contribution in [0.1, 0.15) is 10.4 Å². The normalized spacial score (nSPS) is 12.4. The van der Waals surface area contributed by atoms with E-state index < -0.39 is 5.97 Å². The second kappa shape index (κ2) is 7.60. The first-order valence-corrected chi connectivity index (χ1v) is 8.79. The Balaban J connectivity index is 1.73. The Morgan fingerprint density at radius 1 is 0.929 bits per heavy atom. The molecule has 0 radical (unpaired) electrons. The van der Waals surface area contributed by atoms with Gasteiger partial charge >= 0.3 is 5.97 Å². The Morgan fingerprint density at radius 3 is 2.36 bits per heavy atom. The lowest BCUT2D eigenvalue weighted by Gasteiger charge is -2.19. The summed E-state index contributed by atoms with van der Waals surface area (Å²) in [4.78, 5) is 12.2. The quantitative estimate of drug-likeness (QED) is 0.660. The molecule has 0 amide bonds. The van der Waals surface area contributed by atoms with Crippen molar-refractivity contribution in [3.63, 3.8) is 0 Å². The van der Waals surface area contributed by atoms with Gasteiger partial charge in [-0.15, -0.1) is 0 Å². The van der Waals surface area contributed by atoms with Crippen LogP contribution in [0.25, 0.3) is 11.1 Å². The molecule has 5 nitrogen and oxygen atoms in total. The summed E-state index contributed by atoms with van der Waals surface area (Å²) in [7, 11) is 1.33. The standard InChI is InChI=1S/C22H18FNO4/c1-26-22(25)18-8-2-14(12-19(18)24-17-6-4-16(23)5-7-17)15-3-9-20-21(13-15)28-11-10-27-20/h2-9,12-13,24H,10-11H2,1H3. The lowest BCUT2D eigenvalue weighted by Crippen LogP contribution is -2.15. The first-order valence-electron chi connectivity index (χ1n) is 8.79. The molecule has 0 aliphatic carbocycles. The second-order valence-corrected chi connectivity index (χ2v) is 6.24. The molecule has 1 aliphatic rings. The third kappa shape index (κ3) is 3.62. The highest BCUT2D eigenvalue weighted by Gasteiger charge is 2.16. The van der Waals surface area contributed by atoms with Gasteiger partial charge in [-0.2, -0.15) is 0 Å². The Morgan fingerprint density at radius 2 is 1.61 bits per heavy atom. The van der Waals surface area contributed by atoms with E-state index in [1.165, 1.54) is 19.2 Å². The number of benzene rings is 3. The van der Waals surface area contributed by atoms with Gasteiger partial charge in [0, 0.05) is 5.69 Å². The topological polar surface area (TPSA) is 56.8 Å². The van der Waals surface area contributed by atoms with Gasteiger partial charge in [-0.25, -0.2) is 9.18 Å². The van der Waals surface area contributed by atoms with E-state index in [2.05, 4.69) is 5.32 Å². The van der Waals surface area contributed by atoms with Gasteiger partial charge in [-0.1, -0.05) is 12.1 Å². The number of hydrogen-bond acceptors (Lipinski definition) is 5. The zero-order chi connectivity index (χ0) is 19.5. The van der Waals surface area contributed by atoms with Crippen molar-refractivity contribution >= 4 is 17.3 Å². The number of esters is 1. The largest absolute Gasteiger partial charge is 0.486 e. The van der Waals surface area contributed by atoms with Gasteiger partial charge in [-0.05, 0) is 59.7 Å². The summed E-state index contributed by atoms with van der Waals surface area (Å²) in [5.74, 6) is 0.613. The minimum Gasteiger partial charge on any atom is -0.486 e. The van der Waals surface area contributed by atoms with Gasteiger partial charge in [0.05, 0.1) is 18.4 Å².